The molecule has 0 amide bonds. The zero-order valence-corrected chi connectivity index (χ0v) is 15.4. The van der Waals surface area contributed by atoms with Gasteiger partial charge >= 0.3 is 0 Å². The fourth-order valence-corrected chi connectivity index (χ4v) is 3.24. The van der Waals surface area contributed by atoms with Crippen molar-refractivity contribution in [2.45, 2.75) is 13.3 Å². The molecule has 1 aliphatic heterocycles. The number of benzene rings is 2. The minimum absolute atomic E-state index is 0.539. The summed E-state index contributed by atoms with van der Waals surface area (Å²) in [6, 6.07) is 13.5. The van der Waals surface area contributed by atoms with Crippen molar-refractivity contribution < 1.29 is 14.2 Å². The van der Waals surface area contributed by atoms with Gasteiger partial charge in [-0.1, -0.05) is 24.4 Å². The largest absolute Gasteiger partial charge is 0.497 e. The third-order valence-corrected chi connectivity index (χ3v) is 4.61. The molecule has 0 saturated carbocycles. The van der Waals surface area contributed by atoms with Gasteiger partial charge < -0.3 is 19.2 Å². The minimum atomic E-state index is 0.539. The molecule has 1 aliphatic rings. The Morgan fingerprint density at radius 1 is 1.19 bits per heavy atom. The lowest BCUT2D eigenvalue weighted by Crippen LogP contribution is -2.09. The molecule has 0 bridgehead atoms. The Labute approximate surface area is 156 Å². The number of H-pyrrole nitrogens is 1. The second-order valence-corrected chi connectivity index (χ2v) is 6.27. The minimum Gasteiger partial charge on any atom is -0.497 e. The second kappa shape index (κ2) is 6.80. The summed E-state index contributed by atoms with van der Waals surface area (Å²) in [6.45, 7) is 2.53. The SMILES string of the molecule is CCOc1cccc2c1Oc1[nH]c(-c3ccc(OC)cc3)nc(=S)c1C2. The van der Waals surface area contributed by atoms with Crippen LogP contribution >= 0.6 is 12.2 Å². The molecule has 0 saturated heterocycles. The summed E-state index contributed by atoms with van der Waals surface area (Å²) in [5, 5.41) is 0. The Kier molecular flexibility index (Phi) is 4.34. The molecule has 0 unspecified atom stereocenters. The fourth-order valence-electron chi connectivity index (χ4n) is 2.98. The first kappa shape index (κ1) is 16.6. The maximum atomic E-state index is 6.14. The standard InChI is InChI=1S/C20H18N2O3S/c1-3-24-16-6-4-5-13-11-15-19(25-17(13)16)21-18(22-20(15)26)12-7-9-14(23-2)10-8-12/h4-10H,3,11H2,1-2H3,(H,21,22,26). The van der Waals surface area contributed by atoms with Crippen molar-refractivity contribution in [3.63, 3.8) is 0 Å². The monoisotopic (exact) mass is 366 g/mol. The maximum absolute atomic E-state index is 6.14. The highest BCUT2D eigenvalue weighted by atomic mass is 32.1. The molecule has 0 aliphatic carbocycles. The first-order valence-corrected chi connectivity index (χ1v) is 8.80. The van der Waals surface area contributed by atoms with E-state index < -0.39 is 0 Å². The topological polar surface area (TPSA) is 56.4 Å². The Morgan fingerprint density at radius 2 is 2.00 bits per heavy atom. The Hall–Kier alpha value is -2.86. The Balaban J connectivity index is 1.76. The van der Waals surface area contributed by atoms with Gasteiger partial charge in [0.15, 0.2) is 11.5 Å². The first-order chi connectivity index (χ1) is 12.7. The predicted octanol–water partition coefficient (Wildman–Crippen LogP) is 4.91. The lowest BCUT2D eigenvalue weighted by molar-refractivity contribution is 0.315. The fraction of sp³-hybridized carbons (Fsp3) is 0.200. The lowest BCUT2D eigenvalue weighted by Gasteiger charge is -2.22. The highest BCUT2D eigenvalue weighted by molar-refractivity contribution is 7.71. The quantitative estimate of drug-likeness (QED) is 0.520. The van der Waals surface area contributed by atoms with Crippen LogP contribution in [0.1, 0.15) is 18.1 Å². The van der Waals surface area contributed by atoms with Gasteiger partial charge in [0, 0.05) is 17.5 Å². The van der Waals surface area contributed by atoms with Gasteiger partial charge in [0.25, 0.3) is 0 Å². The number of aromatic nitrogens is 2. The molecular formula is C20H18N2O3S. The number of para-hydroxylation sites is 1. The van der Waals surface area contributed by atoms with Crippen LogP contribution in [-0.4, -0.2) is 23.7 Å². The molecule has 1 N–H and O–H groups in total. The summed E-state index contributed by atoms with van der Waals surface area (Å²) >= 11 is 5.52. The number of methoxy groups -OCH3 is 1. The van der Waals surface area contributed by atoms with E-state index in [1.54, 1.807) is 7.11 Å². The predicted molar refractivity (Wildman–Crippen MR) is 102 cm³/mol. The van der Waals surface area contributed by atoms with Crippen LogP contribution in [0.4, 0.5) is 0 Å². The number of fused-ring (bicyclic) bond motifs is 2. The molecule has 3 aromatic rings. The molecular weight excluding hydrogens is 348 g/mol. The van der Waals surface area contributed by atoms with Crippen LogP contribution in [0, 0.1) is 4.64 Å². The van der Waals surface area contributed by atoms with Crippen LogP contribution in [-0.2, 0) is 6.42 Å². The lowest BCUT2D eigenvalue weighted by atomic mass is 10.0. The van der Waals surface area contributed by atoms with E-state index in [0.29, 0.717) is 29.4 Å². The number of nitrogens with zero attached hydrogens (tertiary/aromatic N) is 1. The maximum Gasteiger partial charge on any atom is 0.205 e. The van der Waals surface area contributed by atoms with Crippen molar-refractivity contribution in [3.8, 4) is 34.5 Å². The number of aromatic amines is 1. The van der Waals surface area contributed by atoms with Gasteiger partial charge in [-0.25, -0.2) is 4.98 Å². The van der Waals surface area contributed by atoms with Crippen molar-refractivity contribution in [2.75, 3.05) is 13.7 Å². The summed E-state index contributed by atoms with van der Waals surface area (Å²) < 4.78 is 17.6. The molecule has 2 heterocycles. The molecule has 2 aromatic carbocycles. The third kappa shape index (κ3) is 2.93. The third-order valence-electron chi connectivity index (χ3n) is 4.27. The number of nitrogens with one attached hydrogen (secondary N) is 1. The highest BCUT2D eigenvalue weighted by Gasteiger charge is 2.23. The summed E-state index contributed by atoms with van der Waals surface area (Å²) in [7, 11) is 1.64. The van der Waals surface area contributed by atoms with Gasteiger partial charge in [-0.05, 0) is 37.3 Å². The number of ether oxygens (including phenoxy) is 3. The summed E-state index contributed by atoms with van der Waals surface area (Å²) in [4.78, 5) is 7.82. The molecule has 0 spiro atoms. The summed E-state index contributed by atoms with van der Waals surface area (Å²) in [6.07, 6.45) is 0.663. The van der Waals surface area contributed by atoms with Gasteiger partial charge in [0.2, 0.25) is 5.88 Å². The van der Waals surface area contributed by atoms with E-state index in [1.807, 2.05) is 49.4 Å². The van der Waals surface area contributed by atoms with Gasteiger partial charge in [0.1, 0.15) is 16.2 Å². The smallest absolute Gasteiger partial charge is 0.205 e. The molecule has 0 atom stereocenters. The summed E-state index contributed by atoms with van der Waals surface area (Å²) in [5.74, 6) is 3.54. The molecule has 5 nitrogen and oxygen atoms in total. The highest BCUT2D eigenvalue weighted by Crippen LogP contribution is 2.42. The average Bonchev–Trinajstić information content (AvgIpc) is 2.67. The number of hydrogen-bond acceptors (Lipinski definition) is 5. The van der Waals surface area contributed by atoms with E-state index in [9.17, 15) is 0 Å². The van der Waals surface area contributed by atoms with Crippen molar-refractivity contribution in [3.05, 3.63) is 58.2 Å². The average molecular weight is 366 g/mol. The van der Waals surface area contributed by atoms with Gasteiger partial charge in [0.05, 0.1) is 19.3 Å². The van der Waals surface area contributed by atoms with Crippen LogP contribution in [0.3, 0.4) is 0 Å². The van der Waals surface area contributed by atoms with E-state index >= 15 is 0 Å². The zero-order chi connectivity index (χ0) is 18.1. The van der Waals surface area contributed by atoms with Gasteiger partial charge in [-0.3, -0.25) is 0 Å². The Bertz CT molecular complexity index is 1010. The van der Waals surface area contributed by atoms with Crippen molar-refractivity contribution in [2.24, 2.45) is 0 Å². The van der Waals surface area contributed by atoms with Crippen LogP contribution in [0.2, 0.25) is 0 Å². The van der Waals surface area contributed by atoms with Gasteiger partial charge in [-0.15, -0.1) is 0 Å². The van der Waals surface area contributed by atoms with Crippen molar-refractivity contribution in [1.29, 1.82) is 0 Å². The molecule has 1 aromatic heterocycles. The van der Waals surface area contributed by atoms with E-state index in [1.165, 1.54) is 0 Å². The van der Waals surface area contributed by atoms with E-state index in [0.717, 1.165) is 33.9 Å². The normalized spacial score (nSPS) is 11.9. The molecule has 132 valence electrons. The van der Waals surface area contributed by atoms with Gasteiger partial charge in [-0.2, -0.15) is 0 Å². The Morgan fingerprint density at radius 3 is 2.73 bits per heavy atom. The molecule has 0 radical (unpaired) electrons. The number of rotatable bonds is 4. The van der Waals surface area contributed by atoms with E-state index in [2.05, 4.69) is 9.97 Å². The molecule has 26 heavy (non-hydrogen) atoms. The zero-order valence-electron chi connectivity index (χ0n) is 14.5. The van der Waals surface area contributed by atoms with Crippen LogP contribution in [0.15, 0.2) is 42.5 Å². The molecule has 0 fully saturated rings. The second-order valence-electron chi connectivity index (χ2n) is 5.88. The number of hydrogen-bond donors (Lipinski definition) is 1. The van der Waals surface area contributed by atoms with Crippen LogP contribution < -0.4 is 14.2 Å². The van der Waals surface area contributed by atoms with Crippen LogP contribution in [0.5, 0.6) is 23.1 Å². The molecule has 4 rings (SSSR count). The van der Waals surface area contributed by atoms with E-state index in [4.69, 9.17) is 26.4 Å². The van der Waals surface area contributed by atoms with E-state index in [-0.39, 0.29) is 0 Å². The van der Waals surface area contributed by atoms with Crippen molar-refractivity contribution in [1.82, 2.24) is 9.97 Å². The van der Waals surface area contributed by atoms with Crippen LogP contribution in [0.25, 0.3) is 11.4 Å². The molecule has 6 heteroatoms. The summed E-state index contributed by atoms with van der Waals surface area (Å²) in [5.41, 5.74) is 2.84. The first-order valence-electron chi connectivity index (χ1n) is 8.39. The van der Waals surface area contributed by atoms with Crippen molar-refractivity contribution >= 4 is 12.2 Å².